The largest absolute Gasteiger partial charge is 0.305 e. The van der Waals surface area contributed by atoms with Crippen LogP contribution in [0.2, 0.25) is 0 Å². The average Bonchev–Trinajstić information content (AvgIpc) is 2.50. The van der Waals surface area contributed by atoms with Crippen LogP contribution in [0.25, 0.3) is 0 Å². The highest BCUT2D eigenvalue weighted by Crippen LogP contribution is 2.20. The van der Waals surface area contributed by atoms with Crippen molar-refractivity contribution in [1.82, 2.24) is 0 Å². The molecule has 3 nitrogen and oxygen atoms in total. The van der Waals surface area contributed by atoms with Gasteiger partial charge in [0.2, 0.25) is 5.78 Å². The van der Waals surface area contributed by atoms with E-state index in [2.05, 4.69) is 22.6 Å². The van der Waals surface area contributed by atoms with Gasteiger partial charge in [-0.05, 0) is 46.9 Å². The molecule has 72 valence electrons. The van der Waals surface area contributed by atoms with Gasteiger partial charge in [0.15, 0.2) is 0 Å². The van der Waals surface area contributed by atoms with Crippen LogP contribution in [0.15, 0.2) is 24.3 Å². The van der Waals surface area contributed by atoms with E-state index in [-0.39, 0.29) is 11.7 Å². The molecule has 1 aliphatic rings. The van der Waals surface area contributed by atoms with Gasteiger partial charge in [-0.15, -0.1) is 0 Å². The van der Waals surface area contributed by atoms with Crippen molar-refractivity contribution in [3.05, 3.63) is 27.8 Å². The summed E-state index contributed by atoms with van der Waals surface area (Å²) in [4.78, 5) is 23.9. The molecule has 0 saturated carbocycles. The monoisotopic (exact) mass is 301 g/mol. The zero-order valence-corrected chi connectivity index (χ0v) is 9.52. The number of Topliss-reactive ketones (excluding diaryl/α,β-unsaturated/α-hetero) is 1. The molecule has 1 saturated heterocycles. The molecule has 2 rings (SSSR count). The van der Waals surface area contributed by atoms with E-state index in [9.17, 15) is 9.59 Å². The van der Waals surface area contributed by atoms with Gasteiger partial charge >= 0.3 is 0 Å². The molecule has 4 heteroatoms. The lowest BCUT2D eigenvalue weighted by Crippen LogP contribution is -2.26. The fourth-order valence-corrected chi connectivity index (χ4v) is 1.80. The molecule has 14 heavy (non-hydrogen) atoms. The summed E-state index contributed by atoms with van der Waals surface area (Å²) >= 11 is 2.20. The number of halogens is 1. The van der Waals surface area contributed by atoms with Crippen molar-refractivity contribution in [3.8, 4) is 0 Å². The number of rotatable bonds is 1. The van der Waals surface area contributed by atoms with E-state index in [4.69, 9.17) is 0 Å². The van der Waals surface area contributed by atoms with Gasteiger partial charge in [0.05, 0.1) is 0 Å². The number of amides is 1. The van der Waals surface area contributed by atoms with E-state index in [0.717, 1.165) is 9.26 Å². The van der Waals surface area contributed by atoms with Gasteiger partial charge in [-0.1, -0.05) is 0 Å². The first-order chi connectivity index (χ1) is 6.68. The highest BCUT2D eigenvalue weighted by molar-refractivity contribution is 14.1. The van der Waals surface area contributed by atoms with Crippen LogP contribution in [0.1, 0.15) is 6.42 Å². The molecule has 0 N–H and O–H groups in total. The standard InChI is InChI=1S/C10H8INO2/c11-7-1-3-8(4-2-7)12-6-5-9(13)10(12)14/h1-4H,5-6H2. The predicted octanol–water partition coefficient (Wildman–Crippen LogP) is 1.60. The number of hydrogen-bond donors (Lipinski definition) is 0. The first kappa shape index (κ1) is 9.64. The number of hydrogen-bond acceptors (Lipinski definition) is 2. The van der Waals surface area contributed by atoms with Gasteiger partial charge in [0.25, 0.3) is 5.91 Å². The van der Waals surface area contributed by atoms with Crippen molar-refractivity contribution in [2.24, 2.45) is 0 Å². The second kappa shape index (κ2) is 3.68. The average molecular weight is 301 g/mol. The molecule has 0 spiro atoms. The lowest BCUT2D eigenvalue weighted by atomic mass is 10.3. The van der Waals surface area contributed by atoms with Crippen LogP contribution in [-0.4, -0.2) is 18.2 Å². The summed E-state index contributed by atoms with van der Waals surface area (Å²) < 4.78 is 1.12. The van der Waals surface area contributed by atoms with Crippen molar-refractivity contribution in [2.75, 3.05) is 11.4 Å². The zero-order valence-electron chi connectivity index (χ0n) is 7.37. The van der Waals surface area contributed by atoms with Crippen molar-refractivity contribution in [3.63, 3.8) is 0 Å². The third-order valence-electron chi connectivity index (χ3n) is 2.18. The van der Waals surface area contributed by atoms with E-state index < -0.39 is 0 Å². The highest BCUT2D eigenvalue weighted by Gasteiger charge is 2.29. The first-order valence-corrected chi connectivity index (χ1v) is 5.36. The minimum Gasteiger partial charge on any atom is -0.305 e. The van der Waals surface area contributed by atoms with Gasteiger partial charge in [0.1, 0.15) is 0 Å². The SMILES string of the molecule is O=C1CCN(c2ccc(I)cc2)C1=O. The van der Waals surface area contributed by atoms with Gasteiger partial charge < -0.3 is 4.90 Å². The summed E-state index contributed by atoms with van der Waals surface area (Å²) in [5, 5.41) is 0. The molecule has 1 aliphatic heterocycles. The minimum absolute atomic E-state index is 0.288. The smallest absolute Gasteiger partial charge is 0.294 e. The Morgan fingerprint density at radius 2 is 1.79 bits per heavy atom. The van der Waals surface area contributed by atoms with Gasteiger partial charge in [-0.25, -0.2) is 0 Å². The fraction of sp³-hybridized carbons (Fsp3) is 0.200. The van der Waals surface area contributed by atoms with Crippen LogP contribution in [0.3, 0.4) is 0 Å². The van der Waals surface area contributed by atoms with Crippen LogP contribution in [0, 0.1) is 3.57 Å². The Bertz CT molecular complexity index is 386. The summed E-state index contributed by atoms with van der Waals surface area (Å²) in [5.41, 5.74) is 0.807. The summed E-state index contributed by atoms with van der Waals surface area (Å²) in [6, 6.07) is 7.56. The maximum atomic E-state index is 11.4. The number of ketones is 1. The lowest BCUT2D eigenvalue weighted by molar-refractivity contribution is -0.133. The van der Waals surface area contributed by atoms with Crippen molar-refractivity contribution in [2.45, 2.75) is 6.42 Å². The summed E-state index contributed by atoms with van der Waals surface area (Å²) in [6.45, 7) is 0.512. The molecule has 0 radical (unpaired) electrons. The molecule has 0 bridgehead atoms. The quantitative estimate of drug-likeness (QED) is 0.583. The Balaban J connectivity index is 2.28. The van der Waals surface area contributed by atoms with E-state index in [1.54, 1.807) is 0 Å². The maximum absolute atomic E-state index is 11.4. The molecule has 0 atom stereocenters. The first-order valence-electron chi connectivity index (χ1n) is 4.29. The lowest BCUT2D eigenvalue weighted by Gasteiger charge is -2.13. The normalized spacial score (nSPS) is 16.5. The molecule has 1 aromatic rings. The summed E-state index contributed by atoms with van der Waals surface area (Å²) in [5.74, 6) is -0.672. The zero-order chi connectivity index (χ0) is 10.1. The van der Waals surface area contributed by atoms with E-state index in [0.29, 0.717) is 13.0 Å². The number of carbonyl (C=O) groups excluding carboxylic acids is 2. The van der Waals surface area contributed by atoms with E-state index in [1.165, 1.54) is 4.90 Å². The van der Waals surface area contributed by atoms with Crippen LogP contribution < -0.4 is 4.90 Å². The Labute approximate surface area is 95.2 Å². The second-order valence-corrected chi connectivity index (χ2v) is 4.35. The van der Waals surface area contributed by atoms with Crippen LogP contribution in [0.4, 0.5) is 5.69 Å². The molecular weight excluding hydrogens is 293 g/mol. The third-order valence-corrected chi connectivity index (χ3v) is 2.90. The molecule has 1 amide bonds. The fourth-order valence-electron chi connectivity index (χ4n) is 1.44. The summed E-state index contributed by atoms with van der Waals surface area (Å²) in [6.07, 6.45) is 0.338. The van der Waals surface area contributed by atoms with E-state index in [1.807, 2.05) is 24.3 Å². The second-order valence-electron chi connectivity index (χ2n) is 3.11. The Kier molecular flexibility index (Phi) is 2.54. The molecule has 1 aromatic carbocycles. The number of nitrogens with zero attached hydrogens (tertiary/aromatic N) is 1. The Hall–Kier alpha value is -0.910. The minimum atomic E-state index is -0.383. The molecule has 1 fully saturated rings. The molecule has 0 aliphatic carbocycles. The van der Waals surface area contributed by atoms with Crippen LogP contribution >= 0.6 is 22.6 Å². The molecule has 1 heterocycles. The topological polar surface area (TPSA) is 37.4 Å². The maximum Gasteiger partial charge on any atom is 0.294 e. The Morgan fingerprint density at radius 3 is 2.29 bits per heavy atom. The van der Waals surface area contributed by atoms with Gasteiger partial charge in [-0.3, -0.25) is 9.59 Å². The van der Waals surface area contributed by atoms with Crippen LogP contribution in [0.5, 0.6) is 0 Å². The van der Waals surface area contributed by atoms with Gasteiger partial charge in [0, 0.05) is 22.2 Å². The molecule has 0 unspecified atom stereocenters. The number of carbonyl (C=O) groups is 2. The van der Waals surface area contributed by atoms with E-state index >= 15 is 0 Å². The number of benzene rings is 1. The number of anilines is 1. The highest BCUT2D eigenvalue weighted by atomic mass is 127. The molecular formula is C10H8INO2. The van der Waals surface area contributed by atoms with Crippen LogP contribution in [-0.2, 0) is 9.59 Å². The van der Waals surface area contributed by atoms with Crippen molar-refractivity contribution < 1.29 is 9.59 Å². The van der Waals surface area contributed by atoms with Crippen molar-refractivity contribution >= 4 is 40.0 Å². The third kappa shape index (κ3) is 1.66. The Morgan fingerprint density at radius 1 is 1.14 bits per heavy atom. The van der Waals surface area contributed by atoms with Crippen molar-refractivity contribution in [1.29, 1.82) is 0 Å². The molecule has 0 aromatic heterocycles. The predicted molar refractivity (Wildman–Crippen MR) is 61.1 cm³/mol. The summed E-state index contributed by atoms with van der Waals surface area (Å²) in [7, 11) is 0. The van der Waals surface area contributed by atoms with Gasteiger partial charge in [-0.2, -0.15) is 0 Å².